The van der Waals surface area contributed by atoms with Gasteiger partial charge in [-0.25, -0.2) is 4.98 Å². The Balaban J connectivity index is 1.17. The third kappa shape index (κ3) is 6.43. The first-order valence-corrected chi connectivity index (χ1v) is 14.3. The molecule has 37 heavy (non-hydrogen) atoms. The average molecular weight is 509 g/mol. The van der Waals surface area contributed by atoms with Gasteiger partial charge >= 0.3 is 5.97 Å². The zero-order valence-electron chi connectivity index (χ0n) is 21.7. The van der Waals surface area contributed by atoms with Crippen molar-refractivity contribution in [1.82, 2.24) is 10.3 Å². The quantitative estimate of drug-likeness (QED) is 0.358. The number of nitrogens with zero attached hydrogens (tertiary/aromatic N) is 1. The van der Waals surface area contributed by atoms with E-state index >= 15 is 0 Å². The lowest BCUT2D eigenvalue weighted by Gasteiger charge is -2.26. The number of hydrogen-bond donors (Lipinski definition) is 2. The van der Waals surface area contributed by atoms with Crippen LogP contribution in [0.3, 0.4) is 0 Å². The lowest BCUT2D eigenvalue weighted by molar-refractivity contribution is -0.136. The standard InChI is InChI=1S/C30H40N2O5/c33-27(34)16-13-21-11-4-5-12-22(21)18-23-25-14-15-26(37-25)28(23)30-32-24(19-36-30)29(35)31-17-7-6-10-20-8-2-1-3-9-20/h4-5,11-12,19-20,23,25-26,28H,1-3,6-10,13-18H2,(H,31,35)(H,33,34)/t23-,25-,26+,28-/m0/s1. The number of carboxylic acid groups (broad SMARTS) is 1. The lowest BCUT2D eigenvalue weighted by Crippen LogP contribution is -2.28. The molecule has 1 aromatic heterocycles. The fraction of sp³-hybridized carbons (Fsp3) is 0.633. The maximum Gasteiger partial charge on any atom is 0.303 e. The van der Waals surface area contributed by atoms with Crippen LogP contribution in [0.5, 0.6) is 0 Å². The molecule has 0 unspecified atom stereocenters. The van der Waals surface area contributed by atoms with Crippen molar-refractivity contribution in [2.45, 2.75) is 102 Å². The number of nitrogens with one attached hydrogen (secondary N) is 1. The second-order valence-electron chi connectivity index (χ2n) is 11.2. The lowest BCUT2D eigenvalue weighted by atomic mass is 9.75. The summed E-state index contributed by atoms with van der Waals surface area (Å²) in [5.41, 5.74) is 2.57. The van der Waals surface area contributed by atoms with Crippen molar-refractivity contribution in [2.75, 3.05) is 6.54 Å². The number of fused-ring (bicyclic) bond motifs is 2. The molecule has 1 aromatic carbocycles. The van der Waals surface area contributed by atoms with Gasteiger partial charge in [0.2, 0.25) is 5.89 Å². The van der Waals surface area contributed by atoms with Crippen molar-refractivity contribution in [1.29, 1.82) is 0 Å². The van der Waals surface area contributed by atoms with Gasteiger partial charge in [0, 0.05) is 18.9 Å². The first-order valence-electron chi connectivity index (χ1n) is 14.3. The number of hydrogen-bond acceptors (Lipinski definition) is 5. The first-order chi connectivity index (χ1) is 18.1. The Morgan fingerprint density at radius 3 is 2.59 bits per heavy atom. The fourth-order valence-corrected chi connectivity index (χ4v) is 6.74. The van der Waals surface area contributed by atoms with Gasteiger partial charge in [-0.15, -0.1) is 0 Å². The zero-order chi connectivity index (χ0) is 25.6. The van der Waals surface area contributed by atoms with E-state index in [2.05, 4.69) is 16.4 Å². The largest absolute Gasteiger partial charge is 0.481 e. The van der Waals surface area contributed by atoms with Crippen molar-refractivity contribution in [3.05, 3.63) is 53.2 Å². The molecule has 7 heteroatoms. The summed E-state index contributed by atoms with van der Waals surface area (Å²) in [5, 5.41) is 12.2. The first kappa shape index (κ1) is 26.0. The van der Waals surface area contributed by atoms with Crippen LogP contribution in [0.4, 0.5) is 0 Å². The minimum atomic E-state index is -0.786. The molecule has 3 aliphatic rings. The molecule has 0 radical (unpaired) electrons. The van der Waals surface area contributed by atoms with E-state index in [1.807, 2.05) is 18.2 Å². The molecule has 0 spiro atoms. The number of carboxylic acids is 1. The average Bonchev–Trinajstić information content (AvgIpc) is 3.65. The van der Waals surface area contributed by atoms with Crippen LogP contribution < -0.4 is 5.32 Å². The van der Waals surface area contributed by atoms with Crippen LogP contribution in [0.1, 0.15) is 104 Å². The van der Waals surface area contributed by atoms with E-state index in [1.165, 1.54) is 44.8 Å². The summed E-state index contributed by atoms with van der Waals surface area (Å²) in [5.74, 6) is 0.701. The van der Waals surface area contributed by atoms with E-state index in [4.69, 9.17) is 14.3 Å². The van der Waals surface area contributed by atoms with Gasteiger partial charge in [-0.1, -0.05) is 69.2 Å². The Morgan fingerprint density at radius 1 is 1.00 bits per heavy atom. The summed E-state index contributed by atoms with van der Waals surface area (Å²) in [6.07, 6.45) is 15.4. The molecule has 2 N–H and O–H groups in total. The SMILES string of the molecule is O=C(O)CCc1ccccc1C[C@@H]1[C@H](c2nc(C(=O)NCCCCC3CCCCC3)co2)[C@H]2CC[C@@H]1O2. The molecular formula is C30H40N2O5. The normalized spacial score (nSPS) is 25.4. The van der Waals surface area contributed by atoms with Crippen molar-refractivity contribution in [2.24, 2.45) is 11.8 Å². The van der Waals surface area contributed by atoms with Gasteiger partial charge in [0.1, 0.15) is 6.26 Å². The minimum Gasteiger partial charge on any atom is -0.481 e. The second kappa shape index (κ2) is 12.2. The number of ether oxygens (including phenoxy) is 1. The topological polar surface area (TPSA) is 102 Å². The second-order valence-corrected chi connectivity index (χ2v) is 11.2. The molecule has 1 amide bonds. The maximum absolute atomic E-state index is 12.7. The Bertz CT molecular complexity index is 1060. The highest BCUT2D eigenvalue weighted by molar-refractivity contribution is 5.91. The monoisotopic (exact) mass is 508 g/mol. The number of aromatic nitrogens is 1. The third-order valence-electron chi connectivity index (χ3n) is 8.70. The summed E-state index contributed by atoms with van der Waals surface area (Å²) >= 11 is 0. The molecule has 3 heterocycles. The number of aliphatic carboxylic acids is 1. The van der Waals surface area contributed by atoms with E-state index in [0.29, 0.717) is 24.6 Å². The minimum absolute atomic E-state index is 0.00308. The number of carbonyl (C=O) groups is 2. The Kier molecular flexibility index (Phi) is 8.59. The predicted molar refractivity (Wildman–Crippen MR) is 139 cm³/mol. The molecule has 3 fully saturated rings. The van der Waals surface area contributed by atoms with Crippen LogP contribution in [0.15, 0.2) is 34.9 Å². The zero-order valence-corrected chi connectivity index (χ0v) is 21.7. The number of benzene rings is 1. The van der Waals surface area contributed by atoms with Crippen LogP contribution in [0, 0.1) is 11.8 Å². The van der Waals surface area contributed by atoms with Crippen molar-refractivity contribution in [3.8, 4) is 0 Å². The third-order valence-corrected chi connectivity index (χ3v) is 8.70. The Morgan fingerprint density at radius 2 is 1.78 bits per heavy atom. The summed E-state index contributed by atoms with van der Waals surface area (Å²) in [6, 6.07) is 8.07. The molecule has 2 aliphatic heterocycles. The fourth-order valence-electron chi connectivity index (χ4n) is 6.74. The number of oxazole rings is 1. The molecule has 2 bridgehead atoms. The highest BCUT2D eigenvalue weighted by Gasteiger charge is 2.51. The van der Waals surface area contributed by atoms with Gasteiger partial charge in [-0.05, 0) is 49.1 Å². The number of rotatable bonds is 12. The molecule has 1 saturated carbocycles. The maximum atomic E-state index is 12.7. The molecule has 7 nitrogen and oxygen atoms in total. The molecule has 5 rings (SSSR count). The van der Waals surface area contributed by atoms with E-state index in [-0.39, 0.29) is 36.4 Å². The predicted octanol–water partition coefficient (Wildman–Crippen LogP) is 5.68. The van der Waals surface area contributed by atoms with E-state index < -0.39 is 5.97 Å². The van der Waals surface area contributed by atoms with E-state index in [9.17, 15) is 9.59 Å². The highest BCUT2D eigenvalue weighted by atomic mass is 16.5. The van der Waals surface area contributed by atoms with Gasteiger partial charge in [0.25, 0.3) is 5.91 Å². The number of carbonyl (C=O) groups excluding carboxylic acids is 1. The summed E-state index contributed by atoms with van der Waals surface area (Å²) in [7, 11) is 0. The number of aryl methyl sites for hydroxylation is 1. The van der Waals surface area contributed by atoms with Crippen LogP contribution >= 0.6 is 0 Å². The molecule has 200 valence electrons. The van der Waals surface area contributed by atoms with E-state index in [1.54, 1.807) is 0 Å². The van der Waals surface area contributed by atoms with Gasteiger partial charge < -0.3 is 19.6 Å². The molecule has 1 aliphatic carbocycles. The highest BCUT2D eigenvalue weighted by Crippen LogP contribution is 2.50. The molecule has 2 saturated heterocycles. The van der Waals surface area contributed by atoms with Gasteiger partial charge in [0.15, 0.2) is 5.69 Å². The van der Waals surface area contributed by atoms with Crippen LogP contribution in [-0.2, 0) is 22.4 Å². The summed E-state index contributed by atoms with van der Waals surface area (Å²) < 4.78 is 12.2. The van der Waals surface area contributed by atoms with E-state index in [0.717, 1.165) is 49.1 Å². The smallest absolute Gasteiger partial charge is 0.303 e. The Labute approximate surface area is 219 Å². The summed E-state index contributed by atoms with van der Waals surface area (Å²) in [6.45, 7) is 0.667. The molecule has 4 atom stereocenters. The van der Waals surface area contributed by atoms with Crippen LogP contribution in [-0.4, -0.2) is 40.7 Å². The van der Waals surface area contributed by atoms with Gasteiger partial charge in [-0.3, -0.25) is 9.59 Å². The van der Waals surface area contributed by atoms with Crippen molar-refractivity contribution < 1.29 is 23.8 Å². The molecular weight excluding hydrogens is 468 g/mol. The number of amides is 1. The number of unbranched alkanes of at least 4 members (excludes halogenated alkanes) is 1. The van der Waals surface area contributed by atoms with Crippen molar-refractivity contribution in [3.63, 3.8) is 0 Å². The Hall–Kier alpha value is -2.67. The summed E-state index contributed by atoms with van der Waals surface area (Å²) in [4.78, 5) is 28.5. The van der Waals surface area contributed by atoms with Crippen molar-refractivity contribution >= 4 is 11.9 Å². The van der Waals surface area contributed by atoms with Crippen LogP contribution in [0.25, 0.3) is 0 Å². The van der Waals surface area contributed by atoms with Gasteiger partial charge in [-0.2, -0.15) is 0 Å². The molecule has 2 aromatic rings. The van der Waals surface area contributed by atoms with Crippen LogP contribution in [0.2, 0.25) is 0 Å². The van der Waals surface area contributed by atoms with Gasteiger partial charge in [0.05, 0.1) is 18.1 Å².